The van der Waals surface area contributed by atoms with Crippen molar-refractivity contribution in [3.63, 3.8) is 0 Å². The third-order valence-corrected chi connectivity index (χ3v) is 5.02. The number of hydrogen-bond acceptors (Lipinski definition) is 3. The average molecular weight is 375 g/mol. The van der Waals surface area contributed by atoms with E-state index in [1.807, 2.05) is 6.92 Å². The quantitative estimate of drug-likeness (QED) is 0.662. The van der Waals surface area contributed by atoms with Gasteiger partial charge in [0.15, 0.2) is 6.54 Å². The molecule has 7 heteroatoms. The minimum absolute atomic E-state index is 0.0254. The van der Waals surface area contributed by atoms with Crippen molar-refractivity contribution in [3.05, 3.63) is 24.3 Å². The number of carbonyl (C=O) groups excluding carboxylic acids is 3. The zero-order valence-electron chi connectivity index (χ0n) is 16.5. The minimum Gasteiger partial charge on any atom is -0.329 e. The van der Waals surface area contributed by atoms with E-state index in [2.05, 4.69) is 17.6 Å². The van der Waals surface area contributed by atoms with Gasteiger partial charge in [-0.15, -0.1) is 0 Å². The molecule has 27 heavy (non-hydrogen) atoms. The predicted molar refractivity (Wildman–Crippen MR) is 106 cm³/mol. The number of nitrogens with one attached hydrogen (secondary N) is 3. The maximum atomic E-state index is 12.6. The highest BCUT2D eigenvalue weighted by molar-refractivity contribution is 5.95. The first-order valence-corrected chi connectivity index (χ1v) is 9.69. The summed E-state index contributed by atoms with van der Waals surface area (Å²) < 4.78 is 0. The molecule has 1 heterocycles. The van der Waals surface area contributed by atoms with Crippen molar-refractivity contribution in [1.29, 1.82) is 0 Å². The van der Waals surface area contributed by atoms with Gasteiger partial charge < -0.3 is 20.4 Å². The van der Waals surface area contributed by atoms with Crippen LogP contribution >= 0.6 is 0 Å². The minimum atomic E-state index is -0.223. The van der Waals surface area contributed by atoms with Crippen LogP contribution < -0.4 is 15.5 Å². The molecule has 3 amide bonds. The Hall–Kier alpha value is -2.41. The lowest BCUT2D eigenvalue weighted by Gasteiger charge is -2.31. The fourth-order valence-electron chi connectivity index (χ4n) is 3.41. The molecule has 0 aromatic heterocycles. The van der Waals surface area contributed by atoms with Gasteiger partial charge in [-0.25, -0.2) is 0 Å². The molecule has 0 spiro atoms. The molecule has 1 aliphatic heterocycles. The van der Waals surface area contributed by atoms with E-state index in [0.29, 0.717) is 30.5 Å². The van der Waals surface area contributed by atoms with Crippen LogP contribution in [0.1, 0.15) is 40.0 Å². The summed E-state index contributed by atoms with van der Waals surface area (Å²) in [5.74, 6) is -0.342. The Morgan fingerprint density at radius 1 is 1.11 bits per heavy atom. The smallest absolute Gasteiger partial charge is 0.278 e. The molecule has 0 aliphatic carbocycles. The highest BCUT2D eigenvalue weighted by Gasteiger charge is 2.27. The number of likely N-dealkylation sites (N-methyl/N-ethyl adjacent to an activating group) is 1. The number of carbonyl (C=O) groups is 3. The van der Waals surface area contributed by atoms with Crippen LogP contribution in [-0.2, 0) is 14.4 Å². The zero-order valence-corrected chi connectivity index (χ0v) is 16.5. The van der Waals surface area contributed by atoms with Crippen molar-refractivity contribution < 1.29 is 19.3 Å². The van der Waals surface area contributed by atoms with Crippen LogP contribution in [0.2, 0.25) is 0 Å². The number of anilines is 2. The van der Waals surface area contributed by atoms with Gasteiger partial charge in [-0.1, -0.05) is 0 Å². The van der Waals surface area contributed by atoms with Gasteiger partial charge in [-0.3, -0.25) is 14.4 Å². The van der Waals surface area contributed by atoms with Gasteiger partial charge in [0.05, 0.1) is 12.6 Å². The summed E-state index contributed by atoms with van der Waals surface area (Å²) >= 11 is 0. The van der Waals surface area contributed by atoms with Crippen LogP contribution in [0.4, 0.5) is 11.4 Å². The van der Waals surface area contributed by atoms with Crippen molar-refractivity contribution in [2.45, 2.75) is 46.1 Å². The van der Waals surface area contributed by atoms with Crippen molar-refractivity contribution in [1.82, 2.24) is 4.90 Å². The lowest BCUT2D eigenvalue weighted by atomic mass is 10.0. The molecule has 1 aromatic rings. The van der Waals surface area contributed by atoms with Crippen LogP contribution in [0.3, 0.4) is 0 Å². The van der Waals surface area contributed by atoms with E-state index >= 15 is 0 Å². The Balaban J connectivity index is 1.86. The molecule has 1 unspecified atom stereocenters. The van der Waals surface area contributed by atoms with Gasteiger partial charge >= 0.3 is 0 Å². The topological polar surface area (TPSA) is 83.0 Å². The summed E-state index contributed by atoms with van der Waals surface area (Å²) in [6.07, 6.45) is 3.55. The Kier molecular flexibility index (Phi) is 7.79. The van der Waals surface area contributed by atoms with E-state index in [1.54, 1.807) is 29.2 Å². The molecule has 0 bridgehead atoms. The molecular formula is C20H31N4O3+. The first kappa shape index (κ1) is 20.9. The maximum Gasteiger partial charge on any atom is 0.278 e. The van der Waals surface area contributed by atoms with Gasteiger partial charge in [0.1, 0.15) is 6.54 Å². The Labute approximate surface area is 161 Å². The third kappa shape index (κ3) is 6.67. The lowest BCUT2D eigenvalue weighted by molar-refractivity contribution is -0.921. The number of piperidine rings is 1. The van der Waals surface area contributed by atoms with Crippen molar-refractivity contribution >= 4 is 29.1 Å². The summed E-state index contributed by atoms with van der Waals surface area (Å²) in [7, 11) is 0. The first-order valence-electron chi connectivity index (χ1n) is 9.69. The van der Waals surface area contributed by atoms with E-state index in [9.17, 15) is 14.4 Å². The second-order valence-electron chi connectivity index (χ2n) is 7.20. The fourth-order valence-corrected chi connectivity index (χ4v) is 3.41. The number of amides is 3. The second-order valence-corrected chi connectivity index (χ2v) is 7.20. The second kappa shape index (κ2) is 10.1. The predicted octanol–water partition coefficient (Wildman–Crippen LogP) is 0.889. The van der Waals surface area contributed by atoms with E-state index < -0.39 is 0 Å². The highest BCUT2D eigenvalue weighted by Crippen LogP contribution is 2.13. The molecule has 0 radical (unpaired) electrons. The van der Waals surface area contributed by atoms with Crippen LogP contribution in [0.15, 0.2) is 24.3 Å². The van der Waals surface area contributed by atoms with Gasteiger partial charge in [0, 0.05) is 24.8 Å². The fraction of sp³-hybridized carbons (Fsp3) is 0.550. The van der Waals surface area contributed by atoms with Gasteiger partial charge in [0.25, 0.3) is 5.91 Å². The van der Waals surface area contributed by atoms with Crippen LogP contribution in [-0.4, -0.2) is 54.8 Å². The number of likely N-dealkylation sites (tertiary alicyclic amines) is 1. The standard InChI is InChI=1S/C20H30N4O3/c1-4-23(20(27)14-24-12-6-5-7-15(24)2)13-19(26)22-18-10-8-17(9-11-18)21-16(3)25/h8-11,15H,4-7,12-14H2,1-3H3,(H,21,25)(H,22,26)/p+1/t15-/m0/s1. The summed E-state index contributed by atoms with van der Waals surface area (Å²) in [5.41, 5.74) is 1.30. The molecular weight excluding hydrogens is 344 g/mol. The summed E-state index contributed by atoms with van der Waals surface area (Å²) in [4.78, 5) is 38.9. The van der Waals surface area contributed by atoms with Gasteiger partial charge in [-0.2, -0.15) is 0 Å². The molecule has 0 saturated carbocycles. The summed E-state index contributed by atoms with van der Waals surface area (Å²) in [5, 5.41) is 5.48. The molecule has 1 fully saturated rings. The first-order chi connectivity index (χ1) is 12.9. The third-order valence-electron chi connectivity index (χ3n) is 5.02. The van der Waals surface area contributed by atoms with E-state index in [1.165, 1.54) is 18.2 Å². The summed E-state index contributed by atoms with van der Waals surface area (Å²) in [6, 6.07) is 7.39. The van der Waals surface area contributed by atoms with Crippen LogP contribution in [0.5, 0.6) is 0 Å². The Morgan fingerprint density at radius 2 is 1.74 bits per heavy atom. The highest BCUT2D eigenvalue weighted by atomic mass is 16.2. The molecule has 1 aromatic carbocycles. The average Bonchev–Trinajstić information content (AvgIpc) is 2.62. The SMILES string of the molecule is CCN(CC(=O)Nc1ccc(NC(C)=O)cc1)C(=O)C[NH+]1CCCC[C@@H]1C. The van der Waals surface area contributed by atoms with E-state index in [-0.39, 0.29) is 24.3 Å². The number of rotatable bonds is 7. The lowest BCUT2D eigenvalue weighted by Crippen LogP contribution is -3.17. The molecule has 2 atom stereocenters. The number of benzene rings is 1. The van der Waals surface area contributed by atoms with Crippen molar-refractivity contribution in [3.8, 4) is 0 Å². The van der Waals surface area contributed by atoms with Gasteiger partial charge in [-0.05, 0) is 57.4 Å². The largest absolute Gasteiger partial charge is 0.329 e. The van der Waals surface area contributed by atoms with Crippen molar-refractivity contribution in [2.24, 2.45) is 0 Å². The molecule has 7 nitrogen and oxygen atoms in total. The molecule has 1 aliphatic rings. The Bertz CT molecular complexity index is 660. The van der Waals surface area contributed by atoms with Crippen LogP contribution in [0, 0.1) is 0 Å². The molecule has 1 saturated heterocycles. The monoisotopic (exact) mass is 375 g/mol. The molecule has 148 valence electrons. The number of nitrogens with zero attached hydrogens (tertiary/aromatic N) is 1. The number of quaternary nitrogens is 1. The molecule has 3 N–H and O–H groups in total. The number of hydrogen-bond donors (Lipinski definition) is 3. The molecule has 2 rings (SSSR count). The van der Waals surface area contributed by atoms with E-state index in [0.717, 1.165) is 19.4 Å². The van der Waals surface area contributed by atoms with Crippen LogP contribution in [0.25, 0.3) is 0 Å². The van der Waals surface area contributed by atoms with Crippen molar-refractivity contribution in [2.75, 3.05) is 36.8 Å². The van der Waals surface area contributed by atoms with E-state index in [4.69, 9.17) is 0 Å². The Morgan fingerprint density at radius 3 is 2.30 bits per heavy atom. The normalized spacial score (nSPS) is 19.2. The summed E-state index contributed by atoms with van der Waals surface area (Å²) in [6.45, 7) is 7.56. The van der Waals surface area contributed by atoms with Gasteiger partial charge in [0.2, 0.25) is 11.8 Å². The maximum absolute atomic E-state index is 12.6. The zero-order chi connectivity index (χ0) is 19.8.